The maximum atomic E-state index is 11.0. The van der Waals surface area contributed by atoms with Gasteiger partial charge >= 0.3 is 5.97 Å². The third kappa shape index (κ3) is 3.96. The molecule has 4 rings (SSSR count). The number of hydrogen-bond donors (Lipinski definition) is 2. The SMILES string of the molecule is CC1(CN[C@@H]2C[C@H]2c2ccccc2)CCN(C2CCC2CC(=O)O)CC1. The number of likely N-dealkylation sites (tertiary alicyclic amines) is 1. The molecule has 0 spiro atoms. The van der Waals surface area contributed by atoms with Crippen LogP contribution < -0.4 is 5.32 Å². The van der Waals surface area contributed by atoms with Crippen LogP contribution >= 0.6 is 0 Å². The molecule has 3 fully saturated rings. The lowest BCUT2D eigenvalue weighted by atomic mass is 9.73. The molecule has 2 unspecified atom stereocenters. The maximum Gasteiger partial charge on any atom is 0.303 e. The van der Waals surface area contributed by atoms with Gasteiger partial charge in [0.2, 0.25) is 0 Å². The number of carboxylic acid groups (broad SMARTS) is 1. The molecule has 142 valence electrons. The Morgan fingerprint density at radius 2 is 1.96 bits per heavy atom. The van der Waals surface area contributed by atoms with Crippen LogP contribution in [0.4, 0.5) is 0 Å². The highest BCUT2D eigenvalue weighted by molar-refractivity contribution is 5.67. The zero-order chi connectivity index (χ0) is 18.1. The van der Waals surface area contributed by atoms with E-state index in [1.807, 2.05) is 0 Å². The van der Waals surface area contributed by atoms with Gasteiger partial charge in [-0.1, -0.05) is 37.3 Å². The molecule has 2 N–H and O–H groups in total. The lowest BCUT2D eigenvalue weighted by molar-refractivity contribution is -0.140. The molecule has 4 heteroatoms. The summed E-state index contributed by atoms with van der Waals surface area (Å²) in [5, 5.41) is 12.9. The minimum Gasteiger partial charge on any atom is -0.481 e. The molecule has 1 aromatic rings. The fourth-order valence-corrected chi connectivity index (χ4v) is 4.93. The number of aliphatic carboxylic acids is 1. The molecule has 0 bridgehead atoms. The van der Waals surface area contributed by atoms with E-state index in [2.05, 4.69) is 47.5 Å². The van der Waals surface area contributed by atoms with Crippen LogP contribution in [-0.4, -0.2) is 47.7 Å². The summed E-state index contributed by atoms with van der Waals surface area (Å²) >= 11 is 0. The van der Waals surface area contributed by atoms with Crippen LogP contribution in [-0.2, 0) is 4.79 Å². The molecule has 2 aliphatic carbocycles. The van der Waals surface area contributed by atoms with Gasteiger partial charge in [0, 0.05) is 31.0 Å². The molecule has 1 heterocycles. The summed E-state index contributed by atoms with van der Waals surface area (Å²) in [5.74, 6) is 0.447. The zero-order valence-corrected chi connectivity index (χ0v) is 15.9. The van der Waals surface area contributed by atoms with E-state index in [4.69, 9.17) is 5.11 Å². The van der Waals surface area contributed by atoms with Crippen molar-refractivity contribution >= 4 is 5.97 Å². The number of piperidine rings is 1. The maximum absolute atomic E-state index is 11.0. The van der Waals surface area contributed by atoms with Crippen LogP contribution in [0.15, 0.2) is 30.3 Å². The Morgan fingerprint density at radius 1 is 1.23 bits per heavy atom. The molecular weight excluding hydrogens is 324 g/mol. The lowest BCUT2D eigenvalue weighted by Gasteiger charge is -2.49. The van der Waals surface area contributed by atoms with Crippen molar-refractivity contribution in [2.24, 2.45) is 11.3 Å². The van der Waals surface area contributed by atoms with Gasteiger partial charge in [-0.2, -0.15) is 0 Å². The van der Waals surface area contributed by atoms with Gasteiger partial charge in [-0.15, -0.1) is 0 Å². The molecule has 4 nitrogen and oxygen atoms in total. The second-order valence-corrected chi connectivity index (χ2v) is 9.09. The van der Waals surface area contributed by atoms with Gasteiger partial charge < -0.3 is 15.3 Å². The fraction of sp³-hybridized carbons (Fsp3) is 0.682. The van der Waals surface area contributed by atoms with Gasteiger partial charge in [-0.05, 0) is 62.1 Å². The first kappa shape index (κ1) is 18.0. The van der Waals surface area contributed by atoms with E-state index in [1.54, 1.807) is 0 Å². The molecule has 2 saturated carbocycles. The monoisotopic (exact) mass is 356 g/mol. The Bertz CT molecular complexity index is 624. The van der Waals surface area contributed by atoms with Crippen LogP contribution in [0.5, 0.6) is 0 Å². The van der Waals surface area contributed by atoms with Crippen LogP contribution in [0.1, 0.15) is 56.9 Å². The number of nitrogens with zero attached hydrogens (tertiary/aromatic N) is 1. The molecule has 0 aromatic heterocycles. The van der Waals surface area contributed by atoms with Gasteiger partial charge in [0.1, 0.15) is 0 Å². The molecule has 3 aliphatic rings. The molecule has 0 radical (unpaired) electrons. The Kier molecular flexibility index (Phi) is 5.07. The smallest absolute Gasteiger partial charge is 0.303 e. The normalized spacial score (nSPS) is 33.4. The fourth-order valence-electron chi connectivity index (χ4n) is 4.93. The summed E-state index contributed by atoms with van der Waals surface area (Å²) in [6.45, 7) is 5.79. The van der Waals surface area contributed by atoms with E-state index in [0.29, 0.717) is 35.8 Å². The number of benzene rings is 1. The van der Waals surface area contributed by atoms with Crippen molar-refractivity contribution in [3.63, 3.8) is 0 Å². The quantitative estimate of drug-likeness (QED) is 0.785. The Morgan fingerprint density at radius 3 is 2.58 bits per heavy atom. The standard InChI is InChI=1S/C22H32N2O2/c1-22(15-23-19-14-18(19)16-5-3-2-4-6-16)9-11-24(12-10-22)20-8-7-17(20)13-21(25)26/h2-6,17-20,23H,7-15H2,1H3,(H,25,26)/t17?,18-,19+,20?/m0/s1. The highest BCUT2D eigenvalue weighted by atomic mass is 16.4. The number of carboxylic acids is 1. The predicted molar refractivity (Wildman–Crippen MR) is 103 cm³/mol. The van der Waals surface area contributed by atoms with Crippen LogP contribution in [0.3, 0.4) is 0 Å². The first-order chi connectivity index (χ1) is 12.5. The molecule has 1 saturated heterocycles. The summed E-state index contributed by atoms with van der Waals surface area (Å²) < 4.78 is 0. The van der Waals surface area contributed by atoms with Gasteiger partial charge in [-0.3, -0.25) is 4.79 Å². The van der Waals surface area contributed by atoms with E-state index in [-0.39, 0.29) is 0 Å². The largest absolute Gasteiger partial charge is 0.481 e. The first-order valence-corrected chi connectivity index (χ1v) is 10.3. The van der Waals surface area contributed by atoms with Crippen molar-refractivity contribution in [1.29, 1.82) is 0 Å². The highest BCUT2D eigenvalue weighted by Crippen LogP contribution is 2.42. The third-order valence-corrected chi connectivity index (χ3v) is 7.10. The lowest BCUT2D eigenvalue weighted by Crippen LogP contribution is -2.53. The number of rotatable bonds is 7. The summed E-state index contributed by atoms with van der Waals surface area (Å²) in [7, 11) is 0. The van der Waals surface area contributed by atoms with Crippen molar-refractivity contribution < 1.29 is 9.90 Å². The van der Waals surface area contributed by atoms with Gasteiger partial charge in [0.15, 0.2) is 0 Å². The van der Waals surface area contributed by atoms with Crippen molar-refractivity contribution in [1.82, 2.24) is 10.2 Å². The molecule has 26 heavy (non-hydrogen) atoms. The zero-order valence-electron chi connectivity index (χ0n) is 15.9. The average molecular weight is 357 g/mol. The number of carbonyl (C=O) groups is 1. The minimum absolute atomic E-state index is 0.350. The summed E-state index contributed by atoms with van der Waals surface area (Å²) in [6, 6.07) is 12.0. The van der Waals surface area contributed by atoms with Crippen molar-refractivity contribution in [3.05, 3.63) is 35.9 Å². The first-order valence-electron chi connectivity index (χ1n) is 10.3. The molecule has 0 amide bonds. The van der Waals surface area contributed by atoms with E-state index in [9.17, 15) is 4.79 Å². The summed E-state index contributed by atoms with van der Waals surface area (Å²) in [4.78, 5) is 13.6. The Labute approximate surface area is 157 Å². The second kappa shape index (κ2) is 7.32. The topological polar surface area (TPSA) is 52.6 Å². The van der Waals surface area contributed by atoms with E-state index >= 15 is 0 Å². The van der Waals surface area contributed by atoms with Crippen molar-refractivity contribution in [2.75, 3.05) is 19.6 Å². The van der Waals surface area contributed by atoms with Crippen molar-refractivity contribution in [2.45, 2.75) is 63.5 Å². The van der Waals surface area contributed by atoms with E-state index in [0.717, 1.165) is 26.1 Å². The van der Waals surface area contributed by atoms with E-state index in [1.165, 1.54) is 31.2 Å². The molecule has 1 aliphatic heterocycles. The van der Waals surface area contributed by atoms with Crippen LogP contribution in [0, 0.1) is 11.3 Å². The second-order valence-electron chi connectivity index (χ2n) is 9.09. The van der Waals surface area contributed by atoms with Gasteiger partial charge in [-0.25, -0.2) is 0 Å². The summed E-state index contributed by atoms with van der Waals surface area (Å²) in [5.41, 5.74) is 1.85. The average Bonchev–Trinajstić information content (AvgIpc) is 3.40. The molecular formula is C22H32N2O2. The Hall–Kier alpha value is -1.39. The number of hydrogen-bond acceptors (Lipinski definition) is 3. The van der Waals surface area contributed by atoms with Crippen LogP contribution in [0.2, 0.25) is 0 Å². The molecule has 4 atom stereocenters. The highest BCUT2D eigenvalue weighted by Gasteiger charge is 2.42. The summed E-state index contributed by atoms with van der Waals surface area (Å²) in [6.07, 6.45) is 6.34. The Balaban J connectivity index is 1.21. The molecule has 1 aromatic carbocycles. The van der Waals surface area contributed by atoms with Gasteiger partial charge in [0.05, 0.1) is 0 Å². The van der Waals surface area contributed by atoms with E-state index < -0.39 is 5.97 Å². The predicted octanol–water partition coefficient (Wildman–Crippen LogP) is 3.49. The third-order valence-electron chi connectivity index (χ3n) is 7.10. The van der Waals surface area contributed by atoms with Gasteiger partial charge in [0.25, 0.3) is 0 Å². The van der Waals surface area contributed by atoms with Crippen LogP contribution in [0.25, 0.3) is 0 Å². The van der Waals surface area contributed by atoms with Crippen molar-refractivity contribution in [3.8, 4) is 0 Å². The minimum atomic E-state index is -0.636. The number of nitrogens with one attached hydrogen (secondary N) is 1.